The number of piperidine rings is 1. The number of halogens is 4. The minimum atomic E-state index is -2.57. The van der Waals surface area contributed by atoms with E-state index in [1.807, 2.05) is 0 Å². The Bertz CT molecular complexity index is 562. The molecule has 1 aromatic carbocycles. The van der Waals surface area contributed by atoms with Gasteiger partial charge in [0.2, 0.25) is 5.91 Å². The van der Waals surface area contributed by atoms with Crippen molar-refractivity contribution >= 4 is 17.5 Å². The standard InChI is InChI=1S/C15H15ClF3NO/c16-11-2-1-3-12(17)10(11)8-13(21)20-6-4-14(5-7-20)9-15(14,18)19/h1-3H,4-9H2. The van der Waals surface area contributed by atoms with Crippen molar-refractivity contribution in [2.45, 2.75) is 31.6 Å². The quantitative estimate of drug-likeness (QED) is 0.815. The molecule has 114 valence electrons. The first-order valence-corrected chi connectivity index (χ1v) is 7.31. The van der Waals surface area contributed by atoms with Gasteiger partial charge in [-0.2, -0.15) is 0 Å². The highest BCUT2D eigenvalue weighted by molar-refractivity contribution is 6.31. The Balaban J connectivity index is 1.63. The molecule has 1 saturated carbocycles. The Hall–Kier alpha value is -1.23. The van der Waals surface area contributed by atoms with Gasteiger partial charge in [-0.1, -0.05) is 17.7 Å². The molecular formula is C15H15ClF3NO. The van der Waals surface area contributed by atoms with Gasteiger partial charge in [0.15, 0.2) is 0 Å². The molecule has 1 saturated heterocycles. The fourth-order valence-electron chi connectivity index (χ4n) is 3.07. The molecule has 1 aromatic rings. The van der Waals surface area contributed by atoms with Crippen LogP contribution in [0.1, 0.15) is 24.8 Å². The molecule has 1 heterocycles. The molecule has 1 spiro atoms. The molecule has 0 radical (unpaired) electrons. The van der Waals surface area contributed by atoms with Gasteiger partial charge in [0.25, 0.3) is 5.92 Å². The number of carbonyl (C=O) groups excluding carboxylic acids is 1. The molecule has 2 fully saturated rings. The van der Waals surface area contributed by atoms with E-state index in [1.165, 1.54) is 23.1 Å². The van der Waals surface area contributed by atoms with E-state index in [0.717, 1.165) is 0 Å². The molecule has 6 heteroatoms. The summed E-state index contributed by atoms with van der Waals surface area (Å²) in [7, 11) is 0. The van der Waals surface area contributed by atoms with Crippen molar-refractivity contribution in [3.8, 4) is 0 Å². The molecule has 0 unspecified atom stereocenters. The van der Waals surface area contributed by atoms with Crippen LogP contribution in [0.5, 0.6) is 0 Å². The normalized spacial score (nSPS) is 22.4. The molecule has 2 aliphatic rings. The van der Waals surface area contributed by atoms with E-state index in [2.05, 4.69) is 0 Å². The zero-order chi connectivity index (χ0) is 15.3. The Labute approximate surface area is 125 Å². The number of benzene rings is 1. The van der Waals surface area contributed by atoms with Crippen LogP contribution in [0.15, 0.2) is 18.2 Å². The minimum Gasteiger partial charge on any atom is -0.342 e. The second kappa shape index (κ2) is 4.90. The minimum absolute atomic E-state index is 0.0683. The molecule has 2 nitrogen and oxygen atoms in total. The predicted molar refractivity (Wildman–Crippen MR) is 72.9 cm³/mol. The van der Waals surface area contributed by atoms with Crippen LogP contribution in [0, 0.1) is 11.2 Å². The highest BCUT2D eigenvalue weighted by atomic mass is 35.5. The lowest BCUT2D eigenvalue weighted by atomic mass is 9.92. The molecule has 0 N–H and O–H groups in total. The van der Waals surface area contributed by atoms with Crippen LogP contribution in [0.3, 0.4) is 0 Å². The predicted octanol–water partition coefficient (Wildman–Crippen LogP) is 3.67. The van der Waals surface area contributed by atoms with Gasteiger partial charge in [-0.3, -0.25) is 4.79 Å². The van der Waals surface area contributed by atoms with Crippen LogP contribution < -0.4 is 0 Å². The summed E-state index contributed by atoms with van der Waals surface area (Å²) in [6, 6.07) is 4.26. The summed E-state index contributed by atoms with van der Waals surface area (Å²) >= 11 is 5.90. The topological polar surface area (TPSA) is 20.3 Å². The van der Waals surface area contributed by atoms with Gasteiger partial charge in [-0.05, 0) is 25.0 Å². The molecular weight excluding hydrogens is 303 g/mol. The highest BCUT2D eigenvalue weighted by Gasteiger charge is 2.70. The molecule has 0 aromatic heterocycles. The van der Waals surface area contributed by atoms with E-state index >= 15 is 0 Å². The lowest BCUT2D eigenvalue weighted by Gasteiger charge is -2.32. The van der Waals surface area contributed by atoms with E-state index in [-0.39, 0.29) is 29.3 Å². The molecule has 3 rings (SSSR count). The van der Waals surface area contributed by atoms with Crippen molar-refractivity contribution in [3.63, 3.8) is 0 Å². The first-order valence-electron chi connectivity index (χ1n) is 6.93. The number of carbonyl (C=O) groups is 1. The van der Waals surface area contributed by atoms with Crippen molar-refractivity contribution in [2.24, 2.45) is 5.41 Å². The lowest BCUT2D eigenvalue weighted by molar-refractivity contribution is -0.132. The smallest absolute Gasteiger partial charge is 0.254 e. The fraction of sp³-hybridized carbons (Fsp3) is 0.533. The first-order chi connectivity index (χ1) is 9.85. The maximum atomic E-state index is 13.7. The SMILES string of the molecule is O=C(Cc1c(F)cccc1Cl)N1CCC2(CC1)CC2(F)F. The Kier molecular flexibility index (Phi) is 3.43. The van der Waals surface area contributed by atoms with Gasteiger partial charge in [0.1, 0.15) is 5.82 Å². The number of rotatable bonds is 2. The highest BCUT2D eigenvalue weighted by Crippen LogP contribution is 2.65. The van der Waals surface area contributed by atoms with E-state index in [0.29, 0.717) is 25.9 Å². The summed E-state index contributed by atoms with van der Waals surface area (Å²) in [4.78, 5) is 13.7. The van der Waals surface area contributed by atoms with Crippen LogP contribution in [0.4, 0.5) is 13.2 Å². The second-order valence-electron chi connectivity index (χ2n) is 5.92. The van der Waals surface area contributed by atoms with Gasteiger partial charge < -0.3 is 4.90 Å². The fourth-order valence-corrected chi connectivity index (χ4v) is 3.30. The van der Waals surface area contributed by atoms with Crippen molar-refractivity contribution in [1.82, 2.24) is 4.90 Å². The van der Waals surface area contributed by atoms with Crippen molar-refractivity contribution in [3.05, 3.63) is 34.6 Å². The molecule has 1 aliphatic heterocycles. The van der Waals surface area contributed by atoms with Gasteiger partial charge in [-0.15, -0.1) is 0 Å². The van der Waals surface area contributed by atoms with E-state index in [9.17, 15) is 18.0 Å². The third-order valence-corrected chi connectivity index (χ3v) is 5.03. The number of hydrogen-bond donors (Lipinski definition) is 0. The zero-order valence-corrected chi connectivity index (χ0v) is 12.1. The monoisotopic (exact) mass is 317 g/mol. The van der Waals surface area contributed by atoms with E-state index in [4.69, 9.17) is 11.6 Å². The largest absolute Gasteiger partial charge is 0.342 e. The van der Waals surface area contributed by atoms with Crippen LogP contribution >= 0.6 is 11.6 Å². The summed E-state index contributed by atoms with van der Waals surface area (Å²) in [6.07, 6.45) is 0.434. The van der Waals surface area contributed by atoms with Crippen LogP contribution in [0.25, 0.3) is 0 Å². The van der Waals surface area contributed by atoms with Crippen LogP contribution in [0.2, 0.25) is 5.02 Å². The average molecular weight is 318 g/mol. The number of hydrogen-bond acceptors (Lipinski definition) is 1. The molecule has 0 bridgehead atoms. The number of amides is 1. The molecule has 1 amide bonds. The maximum Gasteiger partial charge on any atom is 0.254 e. The van der Waals surface area contributed by atoms with E-state index in [1.54, 1.807) is 0 Å². The molecule has 0 atom stereocenters. The average Bonchev–Trinajstić information content (AvgIpc) is 2.95. The van der Waals surface area contributed by atoms with Crippen LogP contribution in [-0.4, -0.2) is 29.8 Å². The van der Waals surface area contributed by atoms with Crippen molar-refractivity contribution in [1.29, 1.82) is 0 Å². The first kappa shape index (κ1) is 14.7. The number of likely N-dealkylation sites (tertiary alicyclic amines) is 1. The van der Waals surface area contributed by atoms with Gasteiger partial charge in [-0.25, -0.2) is 13.2 Å². The summed E-state index contributed by atoms with van der Waals surface area (Å²) in [5.41, 5.74) is -0.722. The van der Waals surface area contributed by atoms with Gasteiger partial charge in [0.05, 0.1) is 6.42 Å². The number of nitrogens with zero attached hydrogens (tertiary/aromatic N) is 1. The summed E-state index contributed by atoms with van der Waals surface area (Å²) in [5, 5.41) is 0.213. The number of alkyl halides is 2. The maximum absolute atomic E-state index is 13.7. The third kappa shape index (κ3) is 2.52. The van der Waals surface area contributed by atoms with Crippen molar-refractivity contribution in [2.75, 3.05) is 13.1 Å². The summed E-state index contributed by atoms with van der Waals surface area (Å²) in [5.74, 6) is -3.35. The molecule has 21 heavy (non-hydrogen) atoms. The lowest BCUT2D eigenvalue weighted by Crippen LogP contribution is -2.41. The Morgan fingerprint density at radius 1 is 1.29 bits per heavy atom. The second-order valence-corrected chi connectivity index (χ2v) is 6.33. The van der Waals surface area contributed by atoms with Gasteiger partial charge >= 0.3 is 0 Å². The Morgan fingerprint density at radius 2 is 1.90 bits per heavy atom. The zero-order valence-electron chi connectivity index (χ0n) is 11.3. The summed E-state index contributed by atoms with van der Waals surface area (Å²) < 4.78 is 40.2. The van der Waals surface area contributed by atoms with Gasteiger partial charge in [0, 0.05) is 35.5 Å². The summed E-state index contributed by atoms with van der Waals surface area (Å²) in [6.45, 7) is 0.612. The van der Waals surface area contributed by atoms with Crippen LogP contribution in [-0.2, 0) is 11.2 Å². The van der Waals surface area contributed by atoms with Crippen molar-refractivity contribution < 1.29 is 18.0 Å². The molecule has 1 aliphatic carbocycles. The third-order valence-electron chi connectivity index (χ3n) is 4.67. The van der Waals surface area contributed by atoms with E-state index < -0.39 is 17.2 Å². The Morgan fingerprint density at radius 3 is 2.43 bits per heavy atom.